The van der Waals surface area contributed by atoms with Gasteiger partial charge in [0.1, 0.15) is 0 Å². The normalized spacial score (nSPS) is 34.9. The first-order valence-electron chi connectivity index (χ1n) is 7.29. The van der Waals surface area contributed by atoms with Crippen molar-refractivity contribution in [1.82, 2.24) is 5.32 Å². The molecule has 0 spiro atoms. The molecule has 0 aromatic heterocycles. The number of ether oxygens (including phenoxy) is 2. The van der Waals surface area contributed by atoms with Gasteiger partial charge < -0.3 is 25.0 Å². The van der Waals surface area contributed by atoms with Crippen LogP contribution in [0.1, 0.15) is 25.7 Å². The van der Waals surface area contributed by atoms with Gasteiger partial charge in [-0.1, -0.05) is 0 Å². The summed E-state index contributed by atoms with van der Waals surface area (Å²) in [6, 6.07) is 0. The Bertz CT molecular complexity index is 260. The molecule has 3 atom stereocenters. The van der Waals surface area contributed by atoms with Crippen LogP contribution < -0.4 is 5.32 Å². The minimum absolute atomic E-state index is 0.137. The molecule has 2 rings (SSSR count). The van der Waals surface area contributed by atoms with Gasteiger partial charge in [0, 0.05) is 19.1 Å². The zero-order valence-electron chi connectivity index (χ0n) is 11.8. The van der Waals surface area contributed by atoms with E-state index in [0.717, 1.165) is 19.0 Å². The van der Waals surface area contributed by atoms with E-state index in [0.29, 0.717) is 32.7 Å². The van der Waals surface area contributed by atoms with Crippen molar-refractivity contribution in [3.8, 4) is 0 Å². The lowest BCUT2D eigenvalue weighted by atomic mass is 9.86. The second kappa shape index (κ2) is 6.99. The minimum Gasteiger partial charge on any atom is -0.390 e. The number of aliphatic hydroxyl groups excluding tert-OH is 2. The van der Waals surface area contributed by atoms with Gasteiger partial charge in [0.15, 0.2) is 0 Å². The summed E-state index contributed by atoms with van der Waals surface area (Å²) >= 11 is 0. The van der Waals surface area contributed by atoms with Gasteiger partial charge in [-0.05, 0) is 38.1 Å². The summed E-state index contributed by atoms with van der Waals surface area (Å²) in [5.41, 5.74) is -0.137. The molecule has 3 N–H and O–H groups in total. The van der Waals surface area contributed by atoms with Crippen molar-refractivity contribution < 1.29 is 19.7 Å². The van der Waals surface area contributed by atoms with Gasteiger partial charge >= 0.3 is 0 Å². The Hall–Kier alpha value is -0.200. The van der Waals surface area contributed by atoms with Crippen molar-refractivity contribution in [3.63, 3.8) is 0 Å². The largest absolute Gasteiger partial charge is 0.390 e. The van der Waals surface area contributed by atoms with E-state index in [9.17, 15) is 10.2 Å². The first kappa shape index (κ1) is 15.2. The monoisotopic (exact) mass is 273 g/mol. The van der Waals surface area contributed by atoms with E-state index in [4.69, 9.17) is 9.47 Å². The van der Waals surface area contributed by atoms with Crippen LogP contribution in [0.25, 0.3) is 0 Å². The molecule has 0 heterocycles. The highest BCUT2D eigenvalue weighted by Gasteiger charge is 2.44. The van der Waals surface area contributed by atoms with Gasteiger partial charge in [0.2, 0.25) is 0 Å². The van der Waals surface area contributed by atoms with Crippen LogP contribution in [0, 0.1) is 11.3 Å². The first-order chi connectivity index (χ1) is 9.15. The fourth-order valence-electron chi connectivity index (χ4n) is 2.85. The second-order valence-electron chi connectivity index (χ2n) is 6.16. The van der Waals surface area contributed by atoms with E-state index in [1.807, 2.05) is 0 Å². The number of nitrogens with one attached hydrogen (secondary N) is 1. The molecule has 0 bridgehead atoms. The van der Waals surface area contributed by atoms with Crippen LogP contribution in [0.4, 0.5) is 0 Å². The summed E-state index contributed by atoms with van der Waals surface area (Å²) in [6.45, 7) is 3.57. The molecule has 2 aliphatic carbocycles. The van der Waals surface area contributed by atoms with Crippen LogP contribution >= 0.6 is 0 Å². The third-order valence-corrected chi connectivity index (χ3v) is 4.20. The summed E-state index contributed by atoms with van der Waals surface area (Å²) < 4.78 is 10.6. The zero-order valence-corrected chi connectivity index (χ0v) is 11.8. The predicted octanol–water partition coefficient (Wildman–Crippen LogP) is 0.151. The second-order valence-corrected chi connectivity index (χ2v) is 6.16. The Morgan fingerprint density at radius 2 is 1.84 bits per heavy atom. The Balaban J connectivity index is 1.77. The fraction of sp³-hybridized carbons (Fsp3) is 1.00. The first-order valence-corrected chi connectivity index (χ1v) is 7.29. The number of rotatable bonds is 9. The maximum atomic E-state index is 9.80. The van der Waals surface area contributed by atoms with E-state index in [1.54, 1.807) is 7.11 Å². The SMILES string of the molecule is COCCOCC1(CNCC2CC2)C[C@@H](O)[C@@H](O)C1. The molecular weight excluding hydrogens is 246 g/mol. The number of hydrogen-bond acceptors (Lipinski definition) is 5. The van der Waals surface area contributed by atoms with Crippen LogP contribution in [0.2, 0.25) is 0 Å². The van der Waals surface area contributed by atoms with Crippen LogP contribution in [0.5, 0.6) is 0 Å². The van der Waals surface area contributed by atoms with E-state index in [2.05, 4.69) is 5.32 Å². The van der Waals surface area contributed by atoms with Crippen molar-refractivity contribution in [3.05, 3.63) is 0 Å². The zero-order chi connectivity index (χ0) is 13.7. The Labute approximate surface area is 115 Å². The summed E-state index contributed by atoms with van der Waals surface area (Å²) in [6.07, 6.45) is 2.64. The van der Waals surface area contributed by atoms with Crippen molar-refractivity contribution >= 4 is 0 Å². The van der Waals surface area contributed by atoms with Gasteiger partial charge in [0.05, 0.1) is 32.0 Å². The predicted molar refractivity (Wildman–Crippen MR) is 72.0 cm³/mol. The molecule has 0 saturated heterocycles. The molecule has 0 aliphatic heterocycles. The molecule has 1 unspecified atom stereocenters. The number of hydrogen-bond donors (Lipinski definition) is 3. The average Bonchev–Trinajstić information content (AvgIpc) is 3.14. The van der Waals surface area contributed by atoms with Crippen molar-refractivity contribution in [2.45, 2.75) is 37.9 Å². The Kier molecular flexibility index (Phi) is 5.59. The highest BCUT2D eigenvalue weighted by Crippen LogP contribution is 2.38. The van der Waals surface area contributed by atoms with E-state index in [-0.39, 0.29) is 5.41 Å². The van der Waals surface area contributed by atoms with Gasteiger partial charge in [0.25, 0.3) is 0 Å². The topological polar surface area (TPSA) is 71.0 Å². The van der Waals surface area contributed by atoms with Gasteiger partial charge in [-0.25, -0.2) is 0 Å². The molecule has 0 aromatic rings. The van der Waals surface area contributed by atoms with Crippen molar-refractivity contribution in [2.75, 3.05) is 40.0 Å². The lowest BCUT2D eigenvalue weighted by Gasteiger charge is -2.29. The highest BCUT2D eigenvalue weighted by atomic mass is 16.5. The van der Waals surface area contributed by atoms with Gasteiger partial charge in [-0.2, -0.15) is 0 Å². The van der Waals surface area contributed by atoms with E-state index >= 15 is 0 Å². The molecule has 19 heavy (non-hydrogen) atoms. The standard InChI is InChI=1S/C14H27NO4/c1-18-4-5-19-10-14(6-12(16)13(17)7-14)9-15-8-11-2-3-11/h11-13,15-17H,2-10H2,1H3/t12-,13+,14?. The third-order valence-electron chi connectivity index (χ3n) is 4.20. The van der Waals surface area contributed by atoms with Crippen LogP contribution in [0.15, 0.2) is 0 Å². The lowest BCUT2D eigenvalue weighted by Crippen LogP contribution is -2.38. The van der Waals surface area contributed by atoms with E-state index < -0.39 is 12.2 Å². The summed E-state index contributed by atoms with van der Waals surface area (Å²) in [5.74, 6) is 0.836. The number of methoxy groups -OCH3 is 1. The molecule has 0 aromatic carbocycles. The molecule has 2 saturated carbocycles. The van der Waals surface area contributed by atoms with Crippen LogP contribution in [0.3, 0.4) is 0 Å². The maximum absolute atomic E-state index is 9.80. The molecule has 0 amide bonds. The molecule has 5 nitrogen and oxygen atoms in total. The van der Waals surface area contributed by atoms with Crippen molar-refractivity contribution in [2.24, 2.45) is 11.3 Å². The van der Waals surface area contributed by atoms with Crippen molar-refractivity contribution in [1.29, 1.82) is 0 Å². The van der Waals surface area contributed by atoms with E-state index in [1.165, 1.54) is 12.8 Å². The lowest BCUT2D eigenvalue weighted by molar-refractivity contribution is 0.0112. The summed E-state index contributed by atoms with van der Waals surface area (Å²) in [4.78, 5) is 0. The molecule has 0 radical (unpaired) electrons. The maximum Gasteiger partial charge on any atom is 0.0806 e. The fourth-order valence-corrected chi connectivity index (χ4v) is 2.85. The Morgan fingerprint density at radius 3 is 2.42 bits per heavy atom. The Morgan fingerprint density at radius 1 is 1.16 bits per heavy atom. The molecule has 2 aliphatic rings. The number of aliphatic hydroxyl groups is 2. The summed E-state index contributed by atoms with van der Waals surface area (Å²) in [5, 5.41) is 23.1. The average molecular weight is 273 g/mol. The minimum atomic E-state index is -0.617. The summed E-state index contributed by atoms with van der Waals surface area (Å²) in [7, 11) is 1.65. The molecule has 2 fully saturated rings. The third kappa shape index (κ3) is 4.68. The van der Waals surface area contributed by atoms with Crippen LogP contribution in [-0.4, -0.2) is 62.4 Å². The molecule has 112 valence electrons. The quantitative estimate of drug-likeness (QED) is 0.522. The van der Waals surface area contributed by atoms with Crippen LogP contribution in [-0.2, 0) is 9.47 Å². The smallest absolute Gasteiger partial charge is 0.0806 e. The van der Waals surface area contributed by atoms with Gasteiger partial charge in [-0.15, -0.1) is 0 Å². The highest BCUT2D eigenvalue weighted by molar-refractivity contribution is 4.96. The van der Waals surface area contributed by atoms with Gasteiger partial charge in [-0.3, -0.25) is 0 Å². The molecular formula is C14H27NO4. The molecule has 5 heteroatoms.